The second kappa shape index (κ2) is 5.23. The van der Waals surface area contributed by atoms with Gasteiger partial charge in [0, 0.05) is 12.0 Å². The van der Waals surface area contributed by atoms with Gasteiger partial charge in [0.2, 0.25) is 0 Å². The van der Waals surface area contributed by atoms with Crippen LogP contribution in [0.5, 0.6) is 5.75 Å². The number of benzene rings is 1. The molecule has 4 heteroatoms. The Hall–Kier alpha value is -1.81. The summed E-state index contributed by atoms with van der Waals surface area (Å²) in [6.07, 6.45) is 2.32. The van der Waals surface area contributed by atoms with Crippen LogP contribution in [0.3, 0.4) is 0 Å². The number of aliphatic hydroxyl groups is 1. The molecule has 18 heavy (non-hydrogen) atoms. The molecule has 0 unspecified atom stereocenters. The number of H-pyrrole nitrogens is 1. The van der Waals surface area contributed by atoms with Crippen molar-refractivity contribution in [2.75, 3.05) is 13.7 Å². The van der Waals surface area contributed by atoms with Gasteiger partial charge >= 0.3 is 0 Å². The zero-order valence-corrected chi connectivity index (χ0v) is 10.9. The Morgan fingerprint density at radius 3 is 2.78 bits per heavy atom. The Morgan fingerprint density at radius 2 is 2.11 bits per heavy atom. The minimum atomic E-state index is 0.0942. The first-order chi connectivity index (χ1) is 8.65. The molecule has 0 spiro atoms. The summed E-state index contributed by atoms with van der Waals surface area (Å²) in [5.41, 5.74) is 4.27. The molecular weight excluding hydrogens is 228 g/mol. The van der Waals surface area contributed by atoms with Gasteiger partial charge in [0.05, 0.1) is 25.6 Å². The Morgan fingerprint density at radius 1 is 1.33 bits per heavy atom. The quantitative estimate of drug-likeness (QED) is 0.869. The number of rotatable bonds is 4. The number of hydrogen-bond acceptors (Lipinski definition) is 3. The maximum atomic E-state index is 8.91. The first kappa shape index (κ1) is 12.6. The molecule has 2 rings (SSSR count). The van der Waals surface area contributed by atoms with E-state index in [4.69, 9.17) is 9.84 Å². The number of aromatic amines is 1. The van der Waals surface area contributed by atoms with Crippen molar-refractivity contribution < 1.29 is 9.84 Å². The maximum Gasteiger partial charge on any atom is 0.128 e. The molecule has 0 bridgehead atoms. The van der Waals surface area contributed by atoms with E-state index in [9.17, 15) is 0 Å². The van der Waals surface area contributed by atoms with E-state index in [1.165, 1.54) is 5.56 Å². The minimum Gasteiger partial charge on any atom is -0.496 e. The lowest BCUT2D eigenvalue weighted by atomic mass is 10.0. The number of methoxy groups -OCH3 is 1. The summed E-state index contributed by atoms with van der Waals surface area (Å²) in [7, 11) is 1.67. The Balaban J connectivity index is 2.48. The number of imidazole rings is 1. The topological polar surface area (TPSA) is 58.1 Å². The van der Waals surface area contributed by atoms with Crippen LogP contribution in [0.4, 0.5) is 0 Å². The third-order valence-electron chi connectivity index (χ3n) is 2.91. The molecule has 0 radical (unpaired) electrons. The molecular formula is C14H18N2O2. The van der Waals surface area contributed by atoms with E-state index in [-0.39, 0.29) is 6.61 Å². The van der Waals surface area contributed by atoms with Crippen LogP contribution in [0.1, 0.15) is 17.0 Å². The molecule has 1 aromatic carbocycles. The number of hydrogen-bond donors (Lipinski definition) is 2. The lowest BCUT2D eigenvalue weighted by Gasteiger charge is -2.11. The molecule has 2 aromatic rings. The van der Waals surface area contributed by atoms with Gasteiger partial charge in [0.25, 0.3) is 0 Å². The molecule has 0 aliphatic rings. The second-order valence-corrected chi connectivity index (χ2v) is 4.38. The lowest BCUT2D eigenvalue weighted by Crippen LogP contribution is -1.95. The highest BCUT2D eigenvalue weighted by molar-refractivity contribution is 5.71. The summed E-state index contributed by atoms with van der Waals surface area (Å²) in [5, 5.41) is 8.91. The van der Waals surface area contributed by atoms with Gasteiger partial charge in [-0.25, -0.2) is 4.98 Å². The van der Waals surface area contributed by atoms with Crippen molar-refractivity contribution in [1.82, 2.24) is 9.97 Å². The maximum absolute atomic E-state index is 8.91. The van der Waals surface area contributed by atoms with Crippen LogP contribution in [-0.2, 0) is 6.42 Å². The van der Waals surface area contributed by atoms with Gasteiger partial charge in [-0.15, -0.1) is 0 Å². The fourth-order valence-corrected chi connectivity index (χ4v) is 2.16. The predicted molar refractivity (Wildman–Crippen MR) is 70.8 cm³/mol. The van der Waals surface area contributed by atoms with Crippen molar-refractivity contribution in [2.45, 2.75) is 20.3 Å². The summed E-state index contributed by atoms with van der Waals surface area (Å²) in [6, 6.07) is 4.12. The van der Waals surface area contributed by atoms with Crippen molar-refractivity contribution in [3.8, 4) is 17.0 Å². The average molecular weight is 246 g/mol. The fourth-order valence-electron chi connectivity index (χ4n) is 2.16. The molecule has 0 saturated carbocycles. The summed E-state index contributed by atoms with van der Waals surface area (Å²) >= 11 is 0. The first-order valence-electron chi connectivity index (χ1n) is 5.96. The van der Waals surface area contributed by atoms with Crippen LogP contribution in [-0.4, -0.2) is 28.8 Å². The highest BCUT2D eigenvalue weighted by Crippen LogP contribution is 2.33. The van der Waals surface area contributed by atoms with Crippen molar-refractivity contribution in [1.29, 1.82) is 0 Å². The van der Waals surface area contributed by atoms with Gasteiger partial charge in [0.15, 0.2) is 0 Å². The summed E-state index contributed by atoms with van der Waals surface area (Å²) in [4.78, 5) is 7.46. The van der Waals surface area contributed by atoms with Crippen molar-refractivity contribution in [2.24, 2.45) is 0 Å². The third-order valence-corrected chi connectivity index (χ3v) is 2.91. The third kappa shape index (κ3) is 2.38. The van der Waals surface area contributed by atoms with Gasteiger partial charge in [-0.3, -0.25) is 0 Å². The molecule has 1 aromatic heterocycles. The molecule has 0 saturated heterocycles. The van der Waals surface area contributed by atoms with E-state index in [0.717, 1.165) is 28.4 Å². The van der Waals surface area contributed by atoms with Crippen LogP contribution in [0.25, 0.3) is 11.3 Å². The molecule has 0 amide bonds. The number of aliphatic hydroxyl groups excluding tert-OH is 1. The lowest BCUT2D eigenvalue weighted by molar-refractivity contribution is 0.297. The largest absolute Gasteiger partial charge is 0.496 e. The van der Waals surface area contributed by atoms with Crippen molar-refractivity contribution in [3.63, 3.8) is 0 Å². The van der Waals surface area contributed by atoms with E-state index in [1.807, 2.05) is 13.0 Å². The number of nitrogens with one attached hydrogen (secondary N) is 1. The molecule has 2 N–H and O–H groups in total. The zero-order chi connectivity index (χ0) is 13.1. The molecule has 4 nitrogen and oxygen atoms in total. The summed E-state index contributed by atoms with van der Waals surface area (Å²) < 4.78 is 5.43. The fraction of sp³-hybridized carbons (Fsp3) is 0.357. The molecule has 96 valence electrons. The van der Waals surface area contributed by atoms with Crippen LogP contribution < -0.4 is 4.74 Å². The molecule has 1 heterocycles. The summed E-state index contributed by atoms with van der Waals surface area (Å²) in [5.74, 6) is 1.63. The van der Waals surface area contributed by atoms with E-state index >= 15 is 0 Å². The van der Waals surface area contributed by atoms with Gasteiger partial charge in [0.1, 0.15) is 11.6 Å². The highest BCUT2D eigenvalue weighted by Gasteiger charge is 2.12. The second-order valence-electron chi connectivity index (χ2n) is 4.38. The summed E-state index contributed by atoms with van der Waals surface area (Å²) in [6.45, 7) is 4.19. The number of aryl methyl sites for hydroxylation is 2. The van der Waals surface area contributed by atoms with Gasteiger partial charge in [-0.1, -0.05) is 6.07 Å². The van der Waals surface area contributed by atoms with Gasteiger partial charge in [-0.2, -0.15) is 0 Å². The minimum absolute atomic E-state index is 0.0942. The number of nitrogens with zero attached hydrogens (tertiary/aromatic N) is 1. The Bertz CT molecular complexity index is 547. The highest BCUT2D eigenvalue weighted by atomic mass is 16.5. The van der Waals surface area contributed by atoms with Crippen LogP contribution in [0, 0.1) is 13.8 Å². The monoisotopic (exact) mass is 246 g/mol. The van der Waals surface area contributed by atoms with Crippen LogP contribution in [0.2, 0.25) is 0 Å². The van der Waals surface area contributed by atoms with E-state index in [1.54, 1.807) is 13.3 Å². The Labute approximate surface area is 107 Å². The van der Waals surface area contributed by atoms with Crippen molar-refractivity contribution in [3.05, 3.63) is 35.3 Å². The van der Waals surface area contributed by atoms with Crippen LogP contribution >= 0.6 is 0 Å². The van der Waals surface area contributed by atoms with E-state index in [2.05, 4.69) is 23.0 Å². The smallest absolute Gasteiger partial charge is 0.128 e. The van der Waals surface area contributed by atoms with E-state index < -0.39 is 0 Å². The normalized spacial score (nSPS) is 10.7. The Kier molecular flexibility index (Phi) is 3.67. The van der Waals surface area contributed by atoms with Crippen molar-refractivity contribution >= 4 is 0 Å². The van der Waals surface area contributed by atoms with Gasteiger partial charge < -0.3 is 14.8 Å². The molecule has 0 atom stereocenters. The molecule has 0 fully saturated rings. The first-order valence-corrected chi connectivity index (χ1v) is 5.96. The van der Waals surface area contributed by atoms with Gasteiger partial charge in [-0.05, 0) is 31.0 Å². The molecule has 0 aliphatic carbocycles. The number of ether oxygens (including phenoxy) is 1. The van der Waals surface area contributed by atoms with Crippen LogP contribution in [0.15, 0.2) is 18.3 Å². The average Bonchev–Trinajstić information content (AvgIpc) is 2.76. The molecule has 0 aliphatic heterocycles. The predicted octanol–water partition coefficient (Wildman–Crippen LogP) is 2.24. The standard InChI is InChI=1S/C14H18N2O2/c1-9-6-10(2)14(12(7-9)18-3)11-8-15-13(16-11)4-5-17/h6-8,17H,4-5H2,1-3H3,(H,15,16). The zero-order valence-electron chi connectivity index (χ0n) is 10.9. The van der Waals surface area contributed by atoms with E-state index in [0.29, 0.717) is 6.42 Å². The number of aromatic nitrogens is 2. The SMILES string of the molecule is COc1cc(C)cc(C)c1-c1cnc(CCO)[nH]1.